The number of thioether (sulfide) groups is 1. The van der Waals surface area contributed by atoms with Gasteiger partial charge in [0.15, 0.2) is 0 Å². The molecule has 0 aromatic carbocycles. The molecule has 0 aliphatic rings. The quantitative estimate of drug-likeness (QED) is 0.741. The van der Waals surface area contributed by atoms with Gasteiger partial charge in [-0.05, 0) is 32.3 Å². The highest BCUT2D eigenvalue weighted by atomic mass is 32.2. The lowest BCUT2D eigenvalue weighted by atomic mass is 10.4. The molecular formula is C12H20N2OS. The van der Waals surface area contributed by atoms with Crippen LogP contribution in [0.5, 0.6) is 0 Å². The lowest BCUT2D eigenvalue weighted by Crippen LogP contribution is -2.10. The zero-order valence-corrected chi connectivity index (χ0v) is 10.8. The van der Waals surface area contributed by atoms with Crippen molar-refractivity contribution in [3.05, 3.63) is 29.7 Å². The van der Waals surface area contributed by atoms with Gasteiger partial charge < -0.3 is 15.1 Å². The third kappa shape index (κ3) is 5.39. The molecule has 2 N–H and O–H groups in total. The molecule has 1 aromatic rings. The molecule has 0 saturated carbocycles. The molecule has 16 heavy (non-hydrogen) atoms. The van der Waals surface area contributed by atoms with Crippen LogP contribution >= 0.6 is 11.8 Å². The van der Waals surface area contributed by atoms with E-state index in [0.29, 0.717) is 0 Å². The third-order valence-corrected chi connectivity index (χ3v) is 2.95. The van der Waals surface area contributed by atoms with Crippen molar-refractivity contribution >= 4 is 17.8 Å². The van der Waals surface area contributed by atoms with Gasteiger partial charge in [0.05, 0.1) is 5.75 Å². The average Bonchev–Trinajstić information content (AvgIpc) is 2.66. The predicted molar refractivity (Wildman–Crippen MR) is 71.5 cm³/mol. The molecule has 3 nitrogen and oxygen atoms in total. The monoisotopic (exact) mass is 240 g/mol. The maximum absolute atomic E-state index is 5.65. The smallest absolute Gasteiger partial charge is 0.126 e. The Hall–Kier alpha value is -0.710. The van der Waals surface area contributed by atoms with E-state index in [1.807, 2.05) is 32.3 Å². The Morgan fingerprint density at radius 1 is 1.44 bits per heavy atom. The van der Waals surface area contributed by atoms with E-state index >= 15 is 0 Å². The van der Waals surface area contributed by atoms with E-state index in [1.165, 1.54) is 0 Å². The number of likely N-dealkylation sites (N-methyl/N-ethyl adjacent to an activating group) is 1. The van der Waals surface area contributed by atoms with Gasteiger partial charge >= 0.3 is 0 Å². The first kappa shape index (κ1) is 13.4. The molecular weight excluding hydrogens is 220 g/mol. The number of hydrogen-bond donors (Lipinski definition) is 1. The molecule has 0 fully saturated rings. The highest BCUT2D eigenvalue weighted by molar-refractivity contribution is 7.98. The maximum Gasteiger partial charge on any atom is 0.126 e. The normalized spacial score (nSPS) is 11.8. The summed E-state index contributed by atoms with van der Waals surface area (Å²) >= 11 is 1.80. The van der Waals surface area contributed by atoms with Gasteiger partial charge in [-0.15, -0.1) is 0 Å². The molecule has 90 valence electrons. The molecule has 0 bridgehead atoms. The van der Waals surface area contributed by atoms with Crippen LogP contribution in [0.4, 0.5) is 0 Å². The summed E-state index contributed by atoms with van der Waals surface area (Å²) in [6, 6.07) is 4.03. The summed E-state index contributed by atoms with van der Waals surface area (Å²) < 4.78 is 5.65. The number of rotatable bonds is 7. The van der Waals surface area contributed by atoms with Crippen LogP contribution in [0.3, 0.4) is 0 Å². The van der Waals surface area contributed by atoms with Gasteiger partial charge in [0.25, 0.3) is 0 Å². The van der Waals surface area contributed by atoms with Gasteiger partial charge in [0, 0.05) is 18.8 Å². The molecule has 0 aliphatic heterocycles. The fourth-order valence-electron chi connectivity index (χ4n) is 1.20. The van der Waals surface area contributed by atoms with Crippen LogP contribution in [0.15, 0.2) is 22.6 Å². The third-order valence-electron chi connectivity index (χ3n) is 1.94. The molecule has 4 heteroatoms. The van der Waals surface area contributed by atoms with Gasteiger partial charge in [0.2, 0.25) is 0 Å². The second kappa shape index (κ2) is 7.54. The van der Waals surface area contributed by atoms with Gasteiger partial charge in [-0.25, -0.2) is 0 Å². The Bertz CT molecular complexity index is 321. The average molecular weight is 240 g/mol. The van der Waals surface area contributed by atoms with E-state index in [0.717, 1.165) is 36.1 Å². The van der Waals surface area contributed by atoms with Crippen LogP contribution in [0.25, 0.3) is 6.08 Å². The Labute approximate surface area is 102 Å². The highest BCUT2D eigenvalue weighted by Crippen LogP contribution is 2.15. The van der Waals surface area contributed by atoms with Crippen molar-refractivity contribution in [1.82, 2.24) is 4.90 Å². The van der Waals surface area contributed by atoms with Gasteiger partial charge in [0.1, 0.15) is 11.5 Å². The molecule has 1 aromatic heterocycles. The van der Waals surface area contributed by atoms with Gasteiger partial charge in [-0.1, -0.05) is 6.08 Å². The van der Waals surface area contributed by atoms with E-state index in [9.17, 15) is 0 Å². The summed E-state index contributed by atoms with van der Waals surface area (Å²) in [4.78, 5) is 2.11. The second-order valence-corrected chi connectivity index (χ2v) is 4.92. The number of furan rings is 1. The van der Waals surface area contributed by atoms with Crippen LogP contribution in [-0.2, 0) is 5.75 Å². The molecule has 0 amide bonds. The SMILES string of the molecule is CN(C)CC=Cc1ccc(CSCCN)o1. The number of nitrogens with zero attached hydrogens (tertiary/aromatic N) is 1. The zero-order valence-electron chi connectivity index (χ0n) is 9.98. The Morgan fingerprint density at radius 3 is 2.94 bits per heavy atom. The minimum absolute atomic E-state index is 0.723. The first-order chi connectivity index (χ1) is 7.72. The lowest BCUT2D eigenvalue weighted by molar-refractivity contribution is 0.456. The minimum Gasteiger partial charge on any atom is -0.461 e. The highest BCUT2D eigenvalue weighted by Gasteiger charge is 1.99. The van der Waals surface area contributed by atoms with Crippen molar-refractivity contribution in [3.8, 4) is 0 Å². The van der Waals surface area contributed by atoms with E-state index in [1.54, 1.807) is 11.8 Å². The summed E-state index contributed by atoms with van der Waals surface area (Å²) in [5, 5.41) is 0. The minimum atomic E-state index is 0.723. The molecule has 0 unspecified atom stereocenters. The van der Waals surface area contributed by atoms with E-state index in [4.69, 9.17) is 10.2 Å². The van der Waals surface area contributed by atoms with E-state index in [2.05, 4.69) is 11.0 Å². The molecule has 0 saturated heterocycles. The molecule has 0 radical (unpaired) electrons. The first-order valence-corrected chi connectivity index (χ1v) is 6.55. The van der Waals surface area contributed by atoms with Gasteiger partial charge in [-0.2, -0.15) is 11.8 Å². The molecule has 1 heterocycles. The summed E-state index contributed by atoms with van der Waals surface area (Å²) in [6.07, 6.45) is 4.10. The Kier molecular flexibility index (Phi) is 6.30. The van der Waals surface area contributed by atoms with Crippen molar-refractivity contribution in [1.29, 1.82) is 0 Å². The topological polar surface area (TPSA) is 42.4 Å². The lowest BCUT2D eigenvalue weighted by Gasteiger charge is -2.02. The van der Waals surface area contributed by atoms with Crippen molar-refractivity contribution in [2.24, 2.45) is 5.73 Å². The Morgan fingerprint density at radius 2 is 2.25 bits per heavy atom. The van der Waals surface area contributed by atoms with Gasteiger partial charge in [-0.3, -0.25) is 0 Å². The first-order valence-electron chi connectivity index (χ1n) is 5.40. The fourth-order valence-corrected chi connectivity index (χ4v) is 1.86. The van der Waals surface area contributed by atoms with Crippen LogP contribution in [0, 0.1) is 0 Å². The summed E-state index contributed by atoms with van der Waals surface area (Å²) in [5.74, 6) is 3.82. The number of nitrogens with two attached hydrogens (primary N) is 1. The Balaban J connectivity index is 2.36. The van der Waals surface area contributed by atoms with Crippen molar-refractivity contribution in [3.63, 3.8) is 0 Å². The summed E-state index contributed by atoms with van der Waals surface area (Å²) in [5.41, 5.74) is 5.42. The predicted octanol–water partition coefficient (Wildman–Crippen LogP) is 2.05. The van der Waals surface area contributed by atoms with Crippen LogP contribution in [-0.4, -0.2) is 37.8 Å². The van der Waals surface area contributed by atoms with Crippen LogP contribution < -0.4 is 5.73 Å². The zero-order chi connectivity index (χ0) is 11.8. The van der Waals surface area contributed by atoms with E-state index < -0.39 is 0 Å². The molecule has 0 spiro atoms. The molecule has 0 aliphatic carbocycles. The van der Waals surface area contributed by atoms with E-state index in [-0.39, 0.29) is 0 Å². The largest absolute Gasteiger partial charge is 0.461 e. The van der Waals surface area contributed by atoms with Crippen LogP contribution in [0.1, 0.15) is 11.5 Å². The summed E-state index contributed by atoms with van der Waals surface area (Å²) in [6.45, 7) is 1.65. The fraction of sp³-hybridized carbons (Fsp3) is 0.500. The van der Waals surface area contributed by atoms with Crippen molar-refractivity contribution in [2.75, 3.05) is 32.9 Å². The van der Waals surface area contributed by atoms with Crippen molar-refractivity contribution < 1.29 is 4.42 Å². The number of hydrogen-bond acceptors (Lipinski definition) is 4. The van der Waals surface area contributed by atoms with Crippen molar-refractivity contribution in [2.45, 2.75) is 5.75 Å². The summed E-state index contributed by atoms with van der Waals surface area (Å²) in [7, 11) is 4.09. The second-order valence-electron chi connectivity index (χ2n) is 3.81. The molecule has 0 atom stereocenters. The maximum atomic E-state index is 5.65. The van der Waals surface area contributed by atoms with Crippen LogP contribution in [0.2, 0.25) is 0 Å². The molecule has 1 rings (SSSR count). The standard InChI is InChI=1S/C12H20N2OS/c1-14(2)8-3-4-11-5-6-12(15-11)10-16-9-7-13/h3-6H,7-10,13H2,1-2H3.